The number of carbonyl (C=O) groups is 2. The fourth-order valence-corrected chi connectivity index (χ4v) is 3.76. The minimum atomic E-state index is -0.643. The summed E-state index contributed by atoms with van der Waals surface area (Å²) in [6.45, 7) is 1.87. The molecule has 1 aliphatic rings. The maximum Gasteiger partial charge on any atom is 0.338 e. The van der Waals surface area contributed by atoms with Crippen LogP contribution in [-0.2, 0) is 46.9 Å². The molecule has 1 saturated heterocycles. The van der Waals surface area contributed by atoms with Gasteiger partial charge in [-0.1, -0.05) is 23.2 Å². The van der Waals surface area contributed by atoms with Gasteiger partial charge in [0.1, 0.15) is 18.8 Å². The molecule has 4 rings (SSSR count). The molecule has 3 aromatic rings. The van der Waals surface area contributed by atoms with Gasteiger partial charge in [-0.05, 0) is 48.5 Å². The van der Waals surface area contributed by atoms with Gasteiger partial charge >= 0.3 is 11.9 Å². The molecule has 1 aromatic heterocycles. The van der Waals surface area contributed by atoms with Gasteiger partial charge in [0, 0.05) is 42.8 Å². The molecular weight excluding hydrogens is 554 g/mol. The molecule has 173 valence electrons. The van der Waals surface area contributed by atoms with Crippen molar-refractivity contribution >= 4 is 35.1 Å². The number of aromatic nitrogens is 1. The number of halogens is 2. The van der Waals surface area contributed by atoms with E-state index in [-0.39, 0.29) is 39.3 Å². The molecule has 3 unspecified atom stereocenters. The standard InChI is InChI=1S/C25H21Cl2NO5.Y/c1-16-3-2-12-28(14-16)23-13-21(33-25(30)18-6-10-20(27)11-7-18)22(32-23)15-31-24(29)17-4-8-19(26)9-5-17;/h3-12,14,21-23H,13,15H2,1H3;. The van der Waals surface area contributed by atoms with Crippen molar-refractivity contribution in [1.29, 1.82) is 0 Å². The first-order chi connectivity index (χ1) is 15.9. The van der Waals surface area contributed by atoms with Crippen LogP contribution in [0.3, 0.4) is 0 Å². The number of esters is 2. The van der Waals surface area contributed by atoms with Crippen molar-refractivity contribution in [1.82, 2.24) is 0 Å². The minimum Gasteiger partial charge on any atom is -0.459 e. The molecule has 1 aliphatic heterocycles. The first kappa shape index (κ1) is 26.8. The number of benzene rings is 2. The molecule has 0 N–H and O–H groups in total. The molecule has 9 heteroatoms. The summed E-state index contributed by atoms with van der Waals surface area (Å²) in [5.74, 6) is -1.02. The Bertz CT molecular complexity index is 1140. The Morgan fingerprint density at radius 2 is 1.62 bits per heavy atom. The third-order valence-electron chi connectivity index (χ3n) is 5.20. The van der Waals surface area contributed by atoms with Crippen LogP contribution in [0.5, 0.6) is 0 Å². The van der Waals surface area contributed by atoms with E-state index in [4.69, 9.17) is 37.4 Å². The number of hydrogen-bond acceptors (Lipinski definition) is 5. The summed E-state index contributed by atoms with van der Waals surface area (Å²) in [6.07, 6.45) is 2.41. The van der Waals surface area contributed by atoms with E-state index in [2.05, 4.69) is 6.07 Å². The third-order valence-corrected chi connectivity index (χ3v) is 5.70. The summed E-state index contributed by atoms with van der Waals surface area (Å²) in [6, 6.07) is 17.7. The second kappa shape index (κ2) is 12.2. The SMILES string of the molecule is Cc1c[c-]c[n+](C2CC(OC(=O)c3ccc(Cl)cc3)C(COC(=O)c3ccc(Cl)cc3)O2)c1.[Y]. The summed E-state index contributed by atoms with van der Waals surface area (Å²) in [5, 5.41) is 1.05. The smallest absolute Gasteiger partial charge is 0.338 e. The topological polar surface area (TPSA) is 65.7 Å². The summed E-state index contributed by atoms with van der Waals surface area (Å²) in [5.41, 5.74) is 1.75. The number of nitrogens with zero attached hydrogens (tertiary/aromatic N) is 1. The van der Waals surface area contributed by atoms with Crippen LogP contribution in [0.15, 0.2) is 67.0 Å². The molecule has 0 amide bonds. The summed E-state index contributed by atoms with van der Waals surface area (Å²) in [7, 11) is 0. The van der Waals surface area contributed by atoms with Crippen LogP contribution in [-0.4, -0.2) is 30.8 Å². The van der Waals surface area contributed by atoms with E-state index in [1.807, 2.05) is 23.8 Å². The molecule has 6 nitrogen and oxygen atoms in total. The molecule has 0 spiro atoms. The Morgan fingerprint density at radius 3 is 2.21 bits per heavy atom. The quantitative estimate of drug-likeness (QED) is 0.241. The number of hydrogen-bond donors (Lipinski definition) is 0. The fourth-order valence-electron chi connectivity index (χ4n) is 3.51. The molecule has 34 heavy (non-hydrogen) atoms. The summed E-state index contributed by atoms with van der Waals surface area (Å²) in [4.78, 5) is 25.1. The molecule has 3 atom stereocenters. The van der Waals surface area contributed by atoms with E-state index in [1.54, 1.807) is 54.7 Å². The molecule has 0 aliphatic carbocycles. The number of pyridine rings is 1. The van der Waals surface area contributed by atoms with Crippen molar-refractivity contribution < 1.29 is 61.1 Å². The Morgan fingerprint density at radius 1 is 1.03 bits per heavy atom. The van der Waals surface area contributed by atoms with Gasteiger partial charge in [-0.25, -0.2) is 20.2 Å². The first-order valence-corrected chi connectivity index (χ1v) is 11.1. The van der Waals surface area contributed by atoms with E-state index in [1.165, 1.54) is 0 Å². The van der Waals surface area contributed by atoms with Crippen molar-refractivity contribution in [3.63, 3.8) is 0 Å². The molecule has 1 radical (unpaired) electrons. The van der Waals surface area contributed by atoms with Gasteiger partial charge in [-0.3, -0.25) is 0 Å². The van der Waals surface area contributed by atoms with Crippen molar-refractivity contribution in [2.45, 2.75) is 31.8 Å². The van der Waals surface area contributed by atoms with Gasteiger partial charge in [0.05, 0.1) is 29.9 Å². The van der Waals surface area contributed by atoms with Crippen molar-refractivity contribution in [2.24, 2.45) is 0 Å². The van der Waals surface area contributed by atoms with Gasteiger partial charge in [0.15, 0.2) is 0 Å². The molecule has 2 heterocycles. The van der Waals surface area contributed by atoms with Crippen LogP contribution in [0.2, 0.25) is 10.0 Å². The average Bonchev–Trinajstić information content (AvgIpc) is 3.21. The Hall–Kier alpha value is -1.83. The maximum atomic E-state index is 12.7. The van der Waals surface area contributed by atoms with E-state index >= 15 is 0 Å². The van der Waals surface area contributed by atoms with Crippen molar-refractivity contribution in [3.8, 4) is 0 Å². The predicted octanol–water partition coefficient (Wildman–Crippen LogP) is 4.76. The van der Waals surface area contributed by atoms with Gasteiger partial charge in [-0.2, -0.15) is 6.07 Å². The fraction of sp³-hybridized carbons (Fsp3) is 0.240. The second-order valence-electron chi connectivity index (χ2n) is 7.68. The van der Waals surface area contributed by atoms with E-state index in [0.29, 0.717) is 27.6 Å². The van der Waals surface area contributed by atoms with Crippen LogP contribution in [0.4, 0.5) is 0 Å². The summed E-state index contributed by atoms with van der Waals surface area (Å²) < 4.78 is 19.2. The van der Waals surface area contributed by atoms with Crippen molar-refractivity contribution in [2.75, 3.05) is 6.61 Å². The van der Waals surface area contributed by atoms with Crippen LogP contribution >= 0.6 is 23.2 Å². The second-order valence-corrected chi connectivity index (χ2v) is 8.55. The molecule has 1 fully saturated rings. The Kier molecular flexibility index (Phi) is 9.63. The van der Waals surface area contributed by atoms with Gasteiger partial charge in [0.25, 0.3) is 6.23 Å². The maximum absolute atomic E-state index is 12.7. The van der Waals surface area contributed by atoms with Crippen molar-refractivity contribution in [3.05, 3.63) is 99.8 Å². The Balaban J connectivity index is 0.00000324. The van der Waals surface area contributed by atoms with Crippen LogP contribution in [0, 0.1) is 13.0 Å². The molecule has 2 aromatic carbocycles. The van der Waals surface area contributed by atoms with Gasteiger partial charge in [0.2, 0.25) is 0 Å². The van der Waals surface area contributed by atoms with E-state index in [0.717, 1.165) is 5.56 Å². The predicted molar refractivity (Wildman–Crippen MR) is 121 cm³/mol. The zero-order valence-electron chi connectivity index (χ0n) is 18.3. The van der Waals surface area contributed by atoms with E-state index < -0.39 is 30.4 Å². The largest absolute Gasteiger partial charge is 0.459 e. The zero-order chi connectivity index (χ0) is 23.4. The number of aryl methyl sites for hydroxylation is 1. The Labute approximate surface area is 233 Å². The summed E-state index contributed by atoms with van der Waals surface area (Å²) >= 11 is 11.8. The monoisotopic (exact) mass is 574 g/mol. The van der Waals surface area contributed by atoms with Crippen LogP contribution in [0.25, 0.3) is 0 Å². The van der Waals surface area contributed by atoms with Gasteiger partial charge in [-0.15, -0.1) is 12.5 Å². The zero-order valence-corrected chi connectivity index (χ0v) is 22.7. The van der Waals surface area contributed by atoms with Gasteiger partial charge < -0.3 is 14.2 Å². The average molecular weight is 575 g/mol. The van der Waals surface area contributed by atoms with Crippen LogP contribution < -0.4 is 4.57 Å². The number of ether oxygens (including phenoxy) is 3. The molecular formula is C25H21Cl2NO5Y. The number of carbonyl (C=O) groups excluding carboxylic acids is 2. The third kappa shape index (κ3) is 6.86. The molecule has 0 bridgehead atoms. The van der Waals surface area contributed by atoms with Crippen LogP contribution in [0.1, 0.15) is 38.9 Å². The normalized spacial score (nSPS) is 19.2. The minimum absolute atomic E-state index is 0. The first-order valence-electron chi connectivity index (χ1n) is 10.3. The van der Waals surface area contributed by atoms with E-state index in [9.17, 15) is 9.59 Å². The number of rotatable bonds is 6. The molecule has 0 saturated carbocycles.